The SMILES string of the molecule is CC(C)C[C@H](NC(=O)[C@H](C)NC(=O)c1ccc(O)c(O)c1)C(=O)O. The van der Waals surface area contributed by atoms with Gasteiger partial charge in [-0.3, -0.25) is 9.59 Å². The molecule has 0 spiro atoms. The quantitative estimate of drug-likeness (QED) is 0.467. The standard InChI is InChI=1S/C16H22N2O6/c1-8(2)6-11(16(23)24)18-14(21)9(3)17-15(22)10-4-5-12(19)13(20)7-10/h4-5,7-9,11,19-20H,6H2,1-3H3,(H,17,22)(H,18,21)(H,23,24)/t9-,11-/m0/s1. The number of carbonyl (C=O) groups excluding carboxylic acids is 2. The Labute approximate surface area is 139 Å². The molecule has 0 bridgehead atoms. The van der Waals surface area contributed by atoms with Crippen molar-refractivity contribution >= 4 is 17.8 Å². The second-order valence-corrected chi connectivity index (χ2v) is 5.93. The van der Waals surface area contributed by atoms with Crippen LogP contribution >= 0.6 is 0 Å². The summed E-state index contributed by atoms with van der Waals surface area (Å²) in [5.74, 6) is -3.14. The van der Waals surface area contributed by atoms with Crippen LogP contribution in [-0.4, -0.2) is 45.2 Å². The molecule has 0 fully saturated rings. The molecule has 2 atom stereocenters. The molecule has 1 aromatic carbocycles. The number of nitrogens with one attached hydrogen (secondary N) is 2. The number of carboxylic acid groups (broad SMARTS) is 1. The van der Waals surface area contributed by atoms with Crippen molar-refractivity contribution < 1.29 is 29.7 Å². The average molecular weight is 338 g/mol. The molecule has 0 aliphatic heterocycles. The number of carboxylic acids is 1. The first kappa shape index (κ1) is 19.3. The first-order chi connectivity index (χ1) is 11.1. The number of phenolic OH excluding ortho intramolecular Hbond substituents is 2. The molecule has 0 aliphatic rings. The third-order valence-electron chi connectivity index (χ3n) is 3.30. The summed E-state index contributed by atoms with van der Waals surface area (Å²) < 4.78 is 0. The fraction of sp³-hybridized carbons (Fsp3) is 0.438. The zero-order valence-electron chi connectivity index (χ0n) is 13.7. The minimum atomic E-state index is -1.14. The van der Waals surface area contributed by atoms with Crippen LogP contribution in [0.25, 0.3) is 0 Å². The number of hydrogen-bond acceptors (Lipinski definition) is 5. The molecule has 8 nitrogen and oxygen atoms in total. The van der Waals surface area contributed by atoms with Crippen molar-refractivity contribution in [2.75, 3.05) is 0 Å². The van der Waals surface area contributed by atoms with Gasteiger partial charge in [-0.1, -0.05) is 13.8 Å². The number of hydrogen-bond donors (Lipinski definition) is 5. The fourth-order valence-corrected chi connectivity index (χ4v) is 2.00. The highest BCUT2D eigenvalue weighted by Crippen LogP contribution is 2.24. The molecule has 0 heterocycles. The summed E-state index contributed by atoms with van der Waals surface area (Å²) in [5.41, 5.74) is 0.0573. The molecule has 132 valence electrons. The van der Waals surface area contributed by atoms with Gasteiger partial charge in [-0.15, -0.1) is 0 Å². The van der Waals surface area contributed by atoms with E-state index in [2.05, 4.69) is 10.6 Å². The van der Waals surface area contributed by atoms with E-state index in [0.29, 0.717) is 0 Å². The van der Waals surface area contributed by atoms with E-state index in [0.717, 1.165) is 12.1 Å². The third-order valence-corrected chi connectivity index (χ3v) is 3.30. The zero-order chi connectivity index (χ0) is 18.4. The summed E-state index contributed by atoms with van der Waals surface area (Å²) in [6.07, 6.45) is 0.271. The van der Waals surface area contributed by atoms with E-state index in [1.54, 1.807) is 0 Å². The molecule has 2 amide bonds. The number of benzene rings is 1. The van der Waals surface area contributed by atoms with Crippen LogP contribution in [0.15, 0.2) is 18.2 Å². The van der Waals surface area contributed by atoms with Crippen LogP contribution in [0.3, 0.4) is 0 Å². The Morgan fingerprint density at radius 3 is 2.17 bits per heavy atom. The second kappa shape index (κ2) is 8.19. The number of carbonyl (C=O) groups is 3. The highest BCUT2D eigenvalue weighted by molar-refractivity contribution is 5.98. The Balaban J connectivity index is 2.69. The van der Waals surface area contributed by atoms with Crippen molar-refractivity contribution in [3.05, 3.63) is 23.8 Å². The summed E-state index contributed by atoms with van der Waals surface area (Å²) in [6, 6.07) is 1.50. The maximum atomic E-state index is 12.0. The van der Waals surface area contributed by atoms with Crippen LogP contribution in [0.1, 0.15) is 37.6 Å². The van der Waals surface area contributed by atoms with E-state index in [1.165, 1.54) is 13.0 Å². The van der Waals surface area contributed by atoms with Crippen LogP contribution in [0.5, 0.6) is 11.5 Å². The lowest BCUT2D eigenvalue weighted by molar-refractivity contribution is -0.142. The lowest BCUT2D eigenvalue weighted by Gasteiger charge is -2.20. The summed E-state index contributed by atoms with van der Waals surface area (Å²) in [4.78, 5) is 35.2. The Bertz CT molecular complexity index is 629. The highest BCUT2D eigenvalue weighted by atomic mass is 16.4. The Hall–Kier alpha value is -2.77. The van der Waals surface area contributed by atoms with E-state index in [9.17, 15) is 24.6 Å². The number of rotatable bonds is 7. The number of aromatic hydroxyl groups is 2. The normalized spacial score (nSPS) is 13.2. The van der Waals surface area contributed by atoms with Crippen molar-refractivity contribution in [1.82, 2.24) is 10.6 Å². The van der Waals surface area contributed by atoms with Gasteiger partial charge in [0, 0.05) is 5.56 Å². The van der Waals surface area contributed by atoms with Crippen molar-refractivity contribution in [2.45, 2.75) is 39.3 Å². The molecule has 0 saturated heterocycles. The van der Waals surface area contributed by atoms with Crippen molar-refractivity contribution in [2.24, 2.45) is 5.92 Å². The van der Waals surface area contributed by atoms with Gasteiger partial charge >= 0.3 is 5.97 Å². The maximum absolute atomic E-state index is 12.0. The van der Waals surface area contributed by atoms with Gasteiger partial charge in [-0.25, -0.2) is 4.79 Å². The van der Waals surface area contributed by atoms with Crippen LogP contribution in [0.2, 0.25) is 0 Å². The highest BCUT2D eigenvalue weighted by Gasteiger charge is 2.24. The molecular formula is C16H22N2O6. The van der Waals surface area contributed by atoms with Gasteiger partial charge in [-0.2, -0.15) is 0 Å². The Morgan fingerprint density at radius 1 is 1.04 bits per heavy atom. The fourth-order valence-electron chi connectivity index (χ4n) is 2.00. The second-order valence-electron chi connectivity index (χ2n) is 5.93. The average Bonchev–Trinajstić information content (AvgIpc) is 2.48. The maximum Gasteiger partial charge on any atom is 0.326 e. The van der Waals surface area contributed by atoms with Crippen molar-refractivity contribution in [3.8, 4) is 11.5 Å². The van der Waals surface area contributed by atoms with E-state index < -0.39 is 35.6 Å². The monoisotopic (exact) mass is 338 g/mol. The number of phenols is 2. The molecule has 0 saturated carbocycles. The Kier molecular flexibility index (Phi) is 6.58. The smallest absolute Gasteiger partial charge is 0.326 e. The number of amides is 2. The summed E-state index contributed by atoms with van der Waals surface area (Å²) in [6.45, 7) is 5.09. The largest absolute Gasteiger partial charge is 0.504 e. The van der Waals surface area contributed by atoms with Crippen LogP contribution in [0, 0.1) is 5.92 Å². The first-order valence-electron chi connectivity index (χ1n) is 7.47. The predicted octanol–water partition coefficient (Wildman–Crippen LogP) is 0.832. The van der Waals surface area contributed by atoms with Crippen molar-refractivity contribution in [1.29, 1.82) is 0 Å². The van der Waals surface area contributed by atoms with Gasteiger partial charge in [0.15, 0.2) is 11.5 Å². The van der Waals surface area contributed by atoms with Gasteiger partial charge in [0.2, 0.25) is 5.91 Å². The zero-order valence-corrected chi connectivity index (χ0v) is 13.7. The van der Waals surface area contributed by atoms with Crippen LogP contribution in [0.4, 0.5) is 0 Å². The van der Waals surface area contributed by atoms with Gasteiger partial charge < -0.3 is 26.0 Å². The van der Waals surface area contributed by atoms with Crippen LogP contribution in [-0.2, 0) is 9.59 Å². The first-order valence-corrected chi connectivity index (χ1v) is 7.47. The molecule has 8 heteroatoms. The molecule has 0 aliphatic carbocycles. The summed E-state index contributed by atoms with van der Waals surface area (Å²) in [7, 11) is 0. The summed E-state index contributed by atoms with van der Waals surface area (Å²) >= 11 is 0. The Morgan fingerprint density at radius 2 is 1.67 bits per heavy atom. The molecule has 24 heavy (non-hydrogen) atoms. The molecular weight excluding hydrogens is 316 g/mol. The van der Waals surface area contributed by atoms with Gasteiger partial charge in [0.05, 0.1) is 0 Å². The van der Waals surface area contributed by atoms with E-state index in [-0.39, 0.29) is 23.7 Å². The lowest BCUT2D eigenvalue weighted by atomic mass is 10.0. The number of aliphatic carboxylic acids is 1. The van der Waals surface area contributed by atoms with Gasteiger partial charge in [0.25, 0.3) is 5.91 Å². The van der Waals surface area contributed by atoms with E-state index in [1.807, 2.05) is 13.8 Å². The molecule has 5 N–H and O–H groups in total. The van der Waals surface area contributed by atoms with Crippen molar-refractivity contribution in [3.63, 3.8) is 0 Å². The van der Waals surface area contributed by atoms with E-state index in [4.69, 9.17) is 5.11 Å². The van der Waals surface area contributed by atoms with Crippen LogP contribution < -0.4 is 10.6 Å². The molecule has 1 aromatic rings. The minimum Gasteiger partial charge on any atom is -0.504 e. The predicted molar refractivity (Wildman–Crippen MR) is 85.7 cm³/mol. The lowest BCUT2D eigenvalue weighted by Crippen LogP contribution is -2.50. The van der Waals surface area contributed by atoms with Gasteiger partial charge in [-0.05, 0) is 37.5 Å². The summed E-state index contributed by atoms with van der Waals surface area (Å²) in [5, 5.41) is 32.5. The topological polar surface area (TPSA) is 136 Å². The minimum absolute atomic E-state index is 0.0573. The molecule has 0 aromatic heterocycles. The molecule has 0 radical (unpaired) electrons. The molecule has 1 rings (SSSR count). The van der Waals surface area contributed by atoms with E-state index >= 15 is 0 Å². The van der Waals surface area contributed by atoms with Gasteiger partial charge in [0.1, 0.15) is 12.1 Å². The third kappa shape index (κ3) is 5.45. The molecule has 0 unspecified atom stereocenters.